The zero-order valence-corrected chi connectivity index (χ0v) is 13.5. The third kappa shape index (κ3) is 3.95. The van der Waals surface area contributed by atoms with Gasteiger partial charge in [-0.1, -0.05) is 42.5 Å². The van der Waals surface area contributed by atoms with Crippen molar-refractivity contribution in [2.75, 3.05) is 13.1 Å². The molecule has 0 saturated carbocycles. The summed E-state index contributed by atoms with van der Waals surface area (Å²) < 4.78 is 0. The molecule has 0 aromatic heterocycles. The molecule has 0 radical (unpaired) electrons. The second-order valence-corrected chi connectivity index (χ2v) is 5.59. The molecule has 5 heteroatoms. The Bertz CT molecular complexity index is 916. The second kappa shape index (κ2) is 7.49. The minimum atomic E-state index is -0.296. The average Bonchev–Trinajstić information content (AvgIpc) is 2.64. The maximum absolute atomic E-state index is 12.4. The lowest BCUT2D eigenvalue weighted by Crippen LogP contribution is -2.34. The summed E-state index contributed by atoms with van der Waals surface area (Å²) in [7, 11) is 0. The van der Waals surface area contributed by atoms with Crippen molar-refractivity contribution in [2.24, 2.45) is 0 Å². The van der Waals surface area contributed by atoms with Crippen LogP contribution in [0.25, 0.3) is 10.8 Å². The van der Waals surface area contributed by atoms with Crippen molar-refractivity contribution in [1.29, 1.82) is 0 Å². The lowest BCUT2D eigenvalue weighted by molar-refractivity contribution is 0.0928. The number of hydrogen-bond acceptors (Lipinski definition) is 3. The van der Waals surface area contributed by atoms with Crippen LogP contribution < -0.4 is 10.6 Å². The minimum absolute atomic E-state index is 0.0388. The highest BCUT2D eigenvalue weighted by atomic mass is 16.3. The van der Waals surface area contributed by atoms with Gasteiger partial charge in [-0.05, 0) is 35.0 Å². The molecule has 0 unspecified atom stereocenters. The van der Waals surface area contributed by atoms with E-state index in [1.807, 2.05) is 36.4 Å². The van der Waals surface area contributed by atoms with Crippen molar-refractivity contribution in [3.8, 4) is 5.75 Å². The van der Waals surface area contributed by atoms with Gasteiger partial charge in [-0.3, -0.25) is 9.59 Å². The van der Waals surface area contributed by atoms with Gasteiger partial charge in [0, 0.05) is 24.2 Å². The lowest BCUT2D eigenvalue weighted by atomic mass is 10.0. The van der Waals surface area contributed by atoms with E-state index >= 15 is 0 Å². The smallest absolute Gasteiger partial charge is 0.251 e. The zero-order valence-electron chi connectivity index (χ0n) is 13.5. The van der Waals surface area contributed by atoms with Gasteiger partial charge in [0.2, 0.25) is 0 Å². The minimum Gasteiger partial charge on any atom is -0.508 e. The molecule has 0 spiro atoms. The van der Waals surface area contributed by atoms with E-state index in [0.717, 1.165) is 10.8 Å². The van der Waals surface area contributed by atoms with E-state index in [0.29, 0.717) is 24.2 Å². The molecule has 3 rings (SSSR count). The first-order chi connectivity index (χ1) is 12.1. The summed E-state index contributed by atoms with van der Waals surface area (Å²) in [6, 6.07) is 19.4. The normalized spacial score (nSPS) is 10.4. The van der Waals surface area contributed by atoms with Crippen molar-refractivity contribution in [1.82, 2.24) is 10.6 Å². The highest BCUT2D eigenvalue weighted by Crippen LogP contribution is 2.18. The van der Waals surface area contributed by atoms with Gasteiger partial charge in [0.1, 0.15) is 5.75 Å². The maximum Gasteiger partial charge on any atom is 0.251 e. The van der Waals surface area contributed by atoms with E-state index in [1.165, 1.54) is 12.1 Å². The predicted octanol–water partition coefficient (Wildman–Crippen LogP) is 2.71. The SMILES string of the molecule is O=C(NCCNC(=O)c1cccc2ccccc12)c1cccc(O)c1. The monoisotopic (exact) mass is 334 g/mol. The largest absolute Gasteiger partial charge is 0.508 e. The molecule has 2 amide bonds. The molecule has 0 saturated heterocycles. The molecule has 0 fully saturated rings. The first-order valence-corrected chi connectivity index (χ1v) is 7.98. The molecule has 0 aliphatic rings. The van der Waals surface area contributed by atoms with Gasteiger partial charge >= 0.3 is 0 Å². The summed E-state index contributed by atoms with van der Waals surface area (Å²) in [5, 5.41) is 16.8. The highest BCUT2D eigenvalue weighted by molar-refractivity contribution is 6.07. The van der Waals surface area contributed by atoms with Crippen molar-refractivity contribution >= 4 is 22.6 Å². The lowest BCUT2D eigenvalue weighted by Gasteiger charge is -2.09. The Hall–Kier alpha value is -3.34. The van der Waals surface area contributed by atoms with Gasteiger partial charge in [-0.15, -0.1) is 0 Å². The van der Waals surface area contributed by atoms with Gasteiger partial charge in [-0.2, -0.15) is 0 Å². The van der Waals surface area contributed by atoms with Crippen LogP contribution in [0.1, 0.15) is 20.7 Å². The number of rotatable bonds is 5. The van der Waals surface area contributed by atoms with E-state index in [9.17, 15) is 14.7 Å². The van der Waals surface area contributed by atoms with Crippen LogP contribution in [0.3, 0.4) is 0 Å². The molecule has 0 aliphatic heterocycles. The number of benzene rings is 3. The molecule has 3 aromatic carbocycles. The topological polar surface area (TPSA) is 78.4 Å². The molecule has 5 nitrogen and oxygen atoms in total. The highest BCUT2D eigenvalue weighted by Gasteiger charge is 2.09. The first kappa shape index (κ1) is 16.5. The first-order valence-electron chi connectivity index (χ1n) is 7.98. The van der Waals surface area contributed by atoms with Gasteiger partial charge in [0.15, 0.2) is 0 Å². The average molecular weight is 334 g/mol. The Kier molecular flexibility index (Phi) is 4.95. The molecule has 0 heterocycles. The molecular formula is C20H18N2O3. The number of carbonyl (C=O) groups excluding carboxylic acids is 2. The number of phenolic OH excluding ortho intramolecular Hbond substituents is 1. The van der Waals surface area contributed by atoms with Crippen LogP contribution >= 0.6 is 0 Å². The quantitative estimate of drug-likeness (QED) is 0.628. The van der Waals surface area contributed by atoms with Crippen LogP contribution in [0, 0.1) is 0 Å². The van der Waals surface area contributed by atoms with Gasteiger partial charge in [-0.25, -0.2) is 0 Å². The van der Waals surface area contributed by atoms with Crippen LogP contribution in [0.5, 0.6) is 5.75 Å². The summed E-state index contributed by atoms with van der Waals surface area (Å²) in [6.45, 7) is 0.609. The van der Waals surface area contributed by atoms with Crippen LogP contribution in [0.4, 0.5) is 0 Å². The van der Waals surface area contributed by atoms with Crippen molar-refractivity contribution < 1.29 is 14.7 Å². The number of phenols is 1. The Morgan fingerprint density at radius 1 is 0.800 bits per heavy atom. The Labute approximate surface area is 145 Å². The molecule has 0 bridgehead atoms. The van der Waals surface area contributed by atoms with E-state index in [-0.39, 0.29) is 17.6 Å². The van der Waals surface area contributed by atoms with Crippen LogP contribution in [0.15, 0.2) is 66.7 Å². The predicted molar refractivity (Wildman–Crippen MR) is 96.7 cm³/mol. The van der Waals surface area contributed by atoms with E-state index in [1.54, 1.807) is 18.2 Å². The molecule has 126 valence electrons. The molecule has 3 N–H and O–H groups in total. The maximum atomic E-state index is 12.4. The van der Waals surface area contributed by atoms with E-state index in [4.69, 9.17) is 0 Å². The molecule has 25 heavy (non-hydrogen) atoms. The number of nitrogens with one attached hydrogen (secondary N) is 2. The van der Waals surface area contributed by atoms with Crippen molar-refractivity contribution in [3.05, 3.63) is 77.9 Å². The van der Waals surface area contributed by atoms with Gasteiger partial charge < -0.3 is 15.7 Å². The number of fused-ring (bicyclic) bond motifs is 1. The van der Waals surface area contributed by atoms with Crippen LogP contribution in [-0.2, 0) is 0 Å². The fourth-order valence-electron chi connectivity index (χ4n) is 2.62. The third-order valence-electron chi connectivity index (χ3n) is 3.84. The summed E-state index contributed by atoms with van der Waals surface area (Å²) >= 11 is 0. The summed E-state index contributed by atoms with van der Waals surface area (Å²) in [4.78, 5) is 24.3. The Morgan fingerprint density at radius 2 is 1.48 bits per heavy atom. The van der Waals surface area contributed by atoms with E-state index in [2.05, 4.69) is 10.6 Å². The van der Waals surface area contributed by atoms with Crippen molar-refractivity contribution in [3.63, 3.8) is 0 Å². The van der Waals surface area contributed by atoms with E-state index < -0.39 is 0 Å². The molecule has 0 aliphatic carbocycles. The molecule has 3 aromatic rings. The second-order valence-electron chi connectivity index (χ2n) is 5.59. The number of aromatic hydroxyl groups is 1. The fourth-order valence-corrected chi connectivity index (χ4v) is 2.62. The van der Waals surface area contributed by atoms with Gasteiger partial charge in [0.05, 0.1) is 0 Å². The standard InChI is InChI=1S/C20H18N2O3/c23-16-8-3-7-15(13-16)19(24)21-11-12-22-20(25)18-10-4-6-14-5-1-2-9-17(14)18/h1-10,13,23H,11-12H2,(H,21,24)(H,22,25). The number of hydrogen-bond donors (Lipinski definition) is 3. The number of amides is 2. The van der Waals surface area contributed by atoms with Crippen molar-refractivity contribution in [2.45, 2.75) is 0 Å². The Balaban J connectivity index is 1.55. The fraction of sp³-hybridized carbons (Fsp3) is 0.100. The van der Waals surface area contributed by atoms with Crippen LogP contribution in [0.2, 0.25) is 0 Å². The molecule has 0 atom stereocenters. The summed E-state index contributed by atoms with van der Waals surface area (Å²) in [6.07, 6.45) is 0. The number of carbonyl (C=O) groups is 2. The third-order valence-corrected chi connectivity index (χ3v) is 3.84. The summed E-state index contributed by atoms with van der Waals surface area (Å²) in [5.74, 6) is -0.435. The van der Waals surface area contributed by atoms with Crippen LogP contribution in [-0.4, -0.2) is 30.0 Å². The Morgan fingerprint density at radius 3 is 2.28 bits per heavy atom. The molecular weight excluding hydrogens is 316 g/mol. The summed E-state index contributed by atoms with van der Waals surface area (Å²) in [5.41, 5.74) is 0.984. The zero-order chi connectivity index (χ0) is 17.6. The van der Waals surface area contributed by atoms with Gasteiger partial charge in [0.25, 0.3) is 11.8 Å².